The minimum atomic E-state index is 0. The molecule has 0 unspecified atom stereocenters. The van der Waals surface area contributed by atoms with E-state index >= 15 is 0 Å². The van der Waals surface area contributed by atoms with E-state index < -0.39 is 0 Å². The maximum absolute atomic E-state index is 5.95. The smallest absolute Gasteiger partial charge is 0.194 e. The number of methoxy groups -OCH3 is 1. The minimum absolute atomic E-state index is 0. The van der Waals surface area contributed by atoms with Gasteiger partial charge in [0.1, 0.15) is 0 Å². The van der Waals surface area contributed by atoms with E-state index in [0.717, 1.165) is 24.3 Å². The van der Waals surface area contributed by atoms with Gasteiger partial charge in [0, 0.05) is 6.54 Å². The van der Waals surface area contributed by atoms with Gasteiger partial charge in [-0.2, -0.15) is 4.68 Å². The van der Waals surface area contributed by atoms with Crippen LogP contribution in [0.5, 0.6) is 11.5 Å². The normalized spacial score (nSPS) is 10.4. The van der Waals surface area contributed by atoms with E-state index in [1.165, 1.54) is 18.4 Å². The molecule has 7 nitrogen and oxygen atoms in total. The molecule has 156 valence electrons. The van der Waals surface area contributed by atoms with Gasteiger partial charge in [-0.05, 0) is 60.1 Å². The maximum atomic E-state index is 5.95. The lowest BCUT2D eigenvalue weighted by molar-refractivity contribution is 0.273. The first-order valence-electron chi connectivity index (χ1n) is 9.56. The Morgan fingerprint density at radius 1 is 1.07 bits per heavy atom. The Hall–Kier alpha value is -2.64. The molecule has 0 aliphatic rings. The van der Waals surface area contributed by atoms with Crippen molar-refractivity contribution in [2.24, 2.45) is 0 Å². The number of hydrogen-bond acceptors (Lipinski definition) is 6. The Bertz CT molecular complexity index is 883. The van der Waals surface area contributed by atoms with E-state index in [2.05, 4.69) is 27.8 Å². The molecule has 0 radical (unpaired) electrons. The van der Waals surface area contributed by atoms with Crippen molar-refractivity contribution in [3.05, 3.63) is 59.4 Å². The van der Waals surface area contributed by atoms with Gasteiger partial charge in [-0.15, -0.1) is 17.5 Å². The molecule has 1 aromatic heterocycles. The first-order valence-corrected chi connectivity index (χ1v) is 9.56. The molecule has 1 heterocycles. The standard InChI is InChI=1S/C21H27N5O2.ClH/c1-4-5-12-22-14-17-8-11-19(20(13-17)27-3)28-15-21-23-24-25-26(21)18-9-6-16(2)7-10-18;/h6-11,13,22H,4-5,12,14-15H2,1-3H3;1H. The van der Waals surface area contributed by atoms with Crippen LogP contribution in [0, 0.1) is 6.92 Å². The van der Waals surface area contributed by atoms with Crippen molar-refractivity contribution in [3.8, 4) is 17.2 Å². The molecule has 1 N–H and O–H groups in total. The summed E-state index contributed by atoms with van der Waals surface area (Å²) < 4.78 is 13.1. The molecule has 0 fully saturated rings. The molecule has 0 amide bonds. The lowest BCUT2D eigenvalue weighted by atomic mass is 10.2. The van der Waals surface area contributed by atoms with E-state index in [1.54, 1.807) is 11.8 Å². The van der Waals surface area contributed by atoms with Crippen LogP contribution in [-0.2, 0) is 13.2 Å². The molecular weight excluding hydrogens is 390 g/mol. The van der Waals surface area contributed by atoms with Gasteiger partial charge in [-0.3, -0.25) is 0 Å². The van der Waals surface area contributed by atoms with Crippen LogP contribution < -0.4 is 14.8 Å². The number of tetrazole rings is 1. The van der Waals surface area contributed by atoms with E-state index in [-0.39, 0.29) is 19.0 Å². The second-order valence-electron chi connectivity index (χ2n) is 6.65. The second kappa shape index (κ2) is 11.4. The SMILES string of the molecule is CCCCNCc1ccc(OCc2nnnn2-c2ccc(C)cc2)c(OC)c1.Cl. The molecular formula is C21H28ClN5O2. The highest BCUT2D eigenvalue weighted by molar-refractivity contribution is 5.85. The molecule has 0 spiro atoms. The van der Waals surface area contributed by atoms with Crippen molar-refractivity contribution in [2.75, 3.05) is 13.7 Å². The van der Waals surface area contributed by atoms with Crippen molar-refractivity contribution in [3.63, 3.8) is 0 Å². The van der Waals surface area contributed by atoms with Crippen molar-refractivity contribution < 1.29 is 9.47 Å². The van der Waals surface area contributed by atoms with Gasteiger partial charge < -0.3 is 14.8 Å². The van der Waals surface area contributed by atoms with Crippen molar-refractivity contribution in [2.45, 2.75) is 39.8 Å². The van der Waals surface area contributed by atoms with Crippen molar-refractivity contribution in [1.82, 2.24) is 25.5 Å². The zero-order valence-electron chi connectivity index (χ0n) is 17.1. The highest BCUT2D eigenvalue weighted by Gasteiger charge is 2.12. The van der Waals surface area contributed by atoms with Crippen LogP contribution in [-0.4, -0.2) is 33.9 Å². The average molecular weight is 418 g/mol. The molecule has 0 aliphatic carbocycles. The number of aryl methyl sites for hydroxylation is 1. The number of ether oxygens (including phenoxy) is 2. The Morgan fingerprint density at radius 2 is 1.86 bits per heavy atom. The highest BCUT2D eigenvalue weighted by atomic mass is 35.5. The Kier molecular flexibility index (Phi) is 8.89. The summed E-state index contributed by atoms with van der Waals surface area (Å²) in [7, 11) is 1.65. The zero-order chi connectivity index (χ0) is 19.8. The zero-order valence-corrected chi connectivity index (χ0v) is 17.9. The first kappa shape index (κ1) is 22.6. The van der Waals surface area contributed by atoms with Gasteiger partial charge in [-0.1, -0.05) is 37.1 Å². The first-order chi connectivity index (χ1) is 13.7. The summed E-state index contributed by atoms with van der Waals surface area (Å²) >= 11 is 0. The summed E-state index contributed by atoms with van der Waals surface area (Å²) in [5, 5.41) is 15.4. The highest BCUT2D eigenvalue weighted by Crippen LogP contribution is 2.28. The molecule has 2 aromatic carbocycles. The fraction of sp³-hybridized carbons (Fsp3) is 0.381. The van der Waals surface area contributed by atoms with Crippen molar-refractivity contribution in [1.29, 1.82) is 0 Å². The summed E-state index contributed by atoms with van der Waals surface area (Å²) in [6.45, 7) is 6.29. The van der Waals surface area contributed by atoms with Gasteiger partial charge in [0.25, 0.3) is 0 Å². The van der Waals surface area contributed by atoms with Gasteiger partial charge in [0.15, 0.2) is 23.9 Å². The summed E-state index contributed by atoms with van der Waals surface area (Å²) in [4.78, 5) is 0. The van der Waals surface area contributed by atoms with Crippen molar-refractivity contribution >= 4 is 12.4 Å². The van der Waals surface area contributed by atoms with Crippen LogP contribution in [0.3, 0.4) is 0 Å². The monoisotopic (exact) mass is 417 g/mol. The number of aromatic nitrogens is 4. The summed E-state index contributed by atoms with van der Waals surface area (Å²) in [6.07, 6.45) is 2.36. The molecule has 0 bridgehead atoms. The third kappa shape index (κ3) is 6.17. The number of halogens is 1. The fourth-order valence-corrected chi connectivity index (χ4v) is 2.80. The Morgan fingerprint density at radius 3 is 2.59 bits per heavy atom. The second-order valence-corrected chi connectivity index (χ2v) is 6.65. The lowest BCUT2D eigenvalue weighted by Crippen LogP contribution is -2.14. The van der Waals surface area contributed by atoms with Gasteiger partial charge >= 0.3 is 0 Å². The molecule has 0 aliphatic heterocycles. The summed E-state index contributed by atoms with van der Waals surface area (Å²) in [5.41, 5.74) is 3.24. The third-order valence-corrected chi connectivity index (χ3v) is 4.43. The average Bonchev–Trinajstić information content (AvgIpc) is 3.19. The predicted molar refractivity (Wildman–Crippen MR) is 115 cm³/mol. The molecule has 0 saturated heterocycles. The van der Waals surface area contributed by atoms with Gasteiger partial charge in [0.05, 0.1) is 12.8 Å². The quantitative estimate of drug-likeness (QED) is 0.505. The van der Waals surface area contributed by atoms with Gasteiger partial charge in [-0.25, -0.2) is 0 Å². The number of nitrogens with one attached hydrogen (secondary N) is 1. The van der Waals surface area contributed by atoms with Gasteiger partial charge in [0.2, 0.25) is 0 Å². The number of nitrogens with zero attached hydrogens (tertiary/aromatic N) is 4. The number of hydrogen-bond donors (Lipinski definition) is 1. The number of benzene rings is 2. The van der Waals surface area contributed by atoms with E-state index in [0.29, 0.717) is 17.3 Å². The van der Waals surface area contributed by atoms with E-state index in [4.69, 9.17) is 9.47 Å². The molecule has 0 saturated carbocycles. The topological polar surface area (TPSA) is 74.1 Å². The van der Waals surface area contributed by atoms with E-state index in [1.807, 2.05) is 49.4 Å². The number of unbranched alkanes of at least 4 members (excludes halogenated alkanes) is 1. The van der Waals surface area contributed by atoms with Crippen LogP contribution in [0.25, 0.3) is 5.69 Å². The van der Waals surface area contributed by atoms with Crippen LogP contribution in [0.15, 0.2) is 42.5 Å². The Labute approximate surface area is 177 Å². The van der Waals surface area contributed by atoms with Crippen LogP contribution >= 0.6 is 12.4 Å². The largest absolute Gasteiger partial charge is 0.493 e. The van der Waals surface area contributed by atoms with Crippen LogP contribution in [0.4, 0.5) is 0 Å². The van der Waals surface area contributed by atoms with E-state index in [9.17, 15) is 0 Å². The Balaban J connectivity index is 0.00000300. The van der Waals surface area contributed by atoms with Crippen LogP contribution in [0.2, 0.25) is 0 Å². The summed E-state index contributed by atoms with van der Waals surface area (Å²) in [6, 6.07) is 14.0. The number of rotatable bonds is 10. The predicted octanol–water partition coefficient (Wildman–Crippen LogP) is 3.87. The fourth-order valence-electron chi connectivity index (χ4n) is 2.80. The molecule has 29 heavy (non-hydrogen) atoms. The molecule has 8 heteroatoms. The lowest BCUT2D eigenvalue weighted by Gasteiger charge is -2.12. The molecule has 3 aromatic rings. The molecule has 3 rings (SSSR count). The molecule has 0 atom stereocenters. The third-order valence-electron chi connectivity index (χ3n) is 4.43. The maximum Gasteiger partial charge on any atom is 0.194 e. The summed E-state index contributed by atoms with van der Waals surface area (Å²) in [5.74, 6) is 1.98. The minimum Gasteiger partial charge on any atom is -0.493 e. The van der Waals surface area contributed by atoms with Crippen LogP contribution in [0.1, 0.15) is 36.7 Å².